The van der Waals surface area contributed by atoms with Crippen LogP contribution in [0.2, 0.25) is 0 Å². The molecule has 0 aromatic carbocycles. The average Bonchev–Trinajstić information content (AvgIpc) is 2.72. The lowest BCUT2D eigenvalue weighted by atomic mass is 9.93. The minimum atomic E-state index is -0.333. The van der Waals surface area contributed by atoms with Crippen molar-refractivity contribution in [3.63, 3.8) is 0 Å². The SMILES string of the molecule is Cc1cc(C)c(CNC(=O)c2cc(C3CCOCC3)nc(NC(C)C)c2C=N)c(=O)[nH]1. The molecule has 166 valence electrons. The number of amides is 1. The molecule has 0 unspecified atom stereocenters. The number of pyridine rings is 2. The zero-order chi connectivity index (χ0) is 22.5. The summed E-state index contributed by atoms with van der Waals surface area (Å²) in [7, 11) is 0. The van der Waals surface area contributed by atoms with Crippen molar-refractivity contribution >= 4 is 17.9 Å². The molecule has 1 amide bonds. The Labute approximate surface area is 182 Å². The van der Waals surface area contributed by atoms with E-state index in [1.807, 2.05) is 33.8 Å². The Morgan fingerprint density at radius 1 is 1.32 bits per heavy atom. The quantitative estimate of drug-likeness (QED) is 0.508. The van der Waals surface area contributed by atoms with Crippen molar-refractivity contribution in [1.82, 2.24) is 15.3 Å². The maximum Gasteiger partial charge on any atom is 0.253 e. The monoisotopic (exact) mass is 425 g/mol. The number of ether oxygens (including phenoxy) is 1. The highest BCUT2D eigenvalue weighted by atomic mass is 16.5. The van der Waals surface area contributed by atoms with Gasteiger partial charge in [0.05, 0.1) is 5.56 Å². The van der Waals surface area contributed by atoms with E-state index in [9.17, 15) is 9.59 Å². The van der Waals surface area contributed by atoms with Gasteiger partial charge in [0, 0.05) is 60.4 Å². The molecule has 4 N–H and O–H groups in total. The van der Waals surface area contributed by atoms with Crippen LogP contribution in [0.4, 0.5) is 5.82 Å². The molecule has 3 rings (SSSR count). The fraction of sp³-hybridized carbons (Fsp3) is 0.478. The first kappa shape index (κ1) is 22.7. The van der Waals surface area contributed by atoms with E-state index < -0.39 is 0 Å². The van der Waals surface area contributed by atoms with Gasteiger partial charge in [-0.05, 0) is 58.2 Å². The van der Waals surface area contributed by atoms with Crippen molar-refractivity contribution in [3.05, 3.63) is 56.1 Å². The molecule has 31 heavy (non-hydrogen) atoms. The van der Waals surface area contributed by atoms with E-state index in [1.54, 1.807) is 6.07 Å². The number of anilines is 1. The summed E-state index contributed by atoms with van der Waals surface area (Å²) in [5, 5.41) is 14.0. The van der Waals surface area contributed by atoms with Crippen LogP contribution in [0.25, 0.3) is 0 Å². The molecule has 0 bridgehead atoms. The molecular formula is C23H31N5O3. The van der Waals surface area contributed by atoms with Gasteiger partial charge in [0.2, 0.25) is 0 Å². The molecule has 0 aliphatic carbocycles. The van der Waals surface area contributed by atoms with Gasteiger partial charge < -0.3 is 25.8 Å². The smallest absolute Gasteiger partial charge is 0.253 e. The number of aromatic nitrogens is 2. The lowest BCUT2D eigenvalue weighted by Crippen LogP contribution is -2.29. The number of carbonyl (C=O) groups is 1. The lowest BCUT2D eigenvalue weighted by molar-refractivity contribution is 0.0844. The van der Waals surface area contributed by atoms with Crippen LogP contribution in [0.5, 0.6) is 0 Å². The minimum Gasteiger partial charge on any atom is -0.381 e. The molecule has 1 fully saturated rings. The van der Waals surface area contributed by atoms with Crippen molar-refractivity contribution < 1.29 is 9.53 Å². The van der Waals surface area contributed by atoms with Gasteiger partial charge in [0.15, 0.2) is 0 Å². The second-order valence-electron chi connectivity index (χ2n) is 8.31. The molecule has 2 aromatic heterocycles. The van der Waals surface area contributed by atoms with Crippen LogP contribution in [0.1, 0.15) is 71.0 Å². The predicted octanol–water partition coefficient (Wildman–Crippen LogP) is 3.03. The first-order chi connectivity index (χ1) is 14.8. The Bertz CT molecular complexity index is 1020. The van der Waals surface area contributed by atoms with Crippen LogP contribution >= 0.6 is 0 Å². The number of aryl methyl sites for hydroxylation is 2. The van der Waals surface area contributed by atoms with Gasteiger partial charge in [-0.2, -0.15) is 0 Å². The summed E-state index contributed by atoms with van der Waals surface area (Å²) in [6.45, 7) is 9.11. The van der Waals surface area contributed by atoms with Crippen LogP contribution in [0.15, 0.2) is 16.9 Å². The third kappa shape index (κ3) is 5.38. The standard InChI is InChI=1S/C23H31N5O3/c1-13(2)26-21-18(11-24)17(10-20(28-21)16-5-7-31-8-6-16)22(29)25-12-19-14(3)9-15(4)27-23(19)30/h9-11,13,16,24H,5-8,12H2,1-4H3,(H,25,29)(H,26,28)(H,27,30). The zero-order valence-corrected chi connectivity index (χ0v) is 18.6. The Morgan fingerprint density at radius 2 is 2.03 bits per heavy atom. The predicted molar refractivity (Wildman–Crippen MR) is 121 cm³/mol. The van der Waals surface area contributed by atoms with Crippen molar-refractivity contribution in [1.29, 1.82) is 5.41 Å². The van der Waals surface area contributed by atoms with E-state index in [2.05, 4.69) is 15.6 Å². The topological polar surface area (TPSA) is 120 Å². The second-order valence-corrected chi connectivity index (χ2v) is 8.31. The third-order valence-corrected chi connectivity index (χ3v) is 5.45. The van der Waals surface area contributed by atoms with Crippen molar-refractivity contribution in [2.45, 2.75) is 59.0 Å². The molecule has 0 saturated carbocycles. The molecule has 1 saturated heterocycles. The Kier molecular flexibility index (Phi) is 7.22. The summed E-state index contributed by atoms with van der Waals surface area (Å²) in [5.41, 5.74) is 3.58. The maximum absolute atomic E-state index is 13.2. The fourth-order valence-electron chi connectivity index (χ4n) is 3.86. The second kappa shape index (κ2) is 9.87. The number of H-pyrrole nitrogens is 1. The molecule has 0 radical (unpaired) electrons. The van der Waals surface area contributed by atoms with Gasteiger partial charge in [-0.15, -0.1) is 0 Å². The summed E-state index contributed by atoms with van der Waals surface area (Å²) >= 11 is 0. The van der Waals surface area contributed by atoms with Crippen LogP contribution in [-0.4, -0.2) is 41.3 Å². The van der Waals surface area contributed by atoms with Crippen LogP contribution in [0.3, 0.4) is 0 Å². The molecular weight excluding hydrogens is 394 g/mol. The Hall–Kier alpha value is -3.00. The first-order valence-corrected chi connectivity index (χ1v) is 10.7. The van der Waals surface area contributed by atoms with E-state index >= 15 is 0 Å². The highest BCUT2D eigenvalue weighted by molar-refractivity contribution is 6.04. The van der Waals surface area contributed by atoms with Gasteiger partial charge >= 0.3 is 0 Å². The number of rotatable bonds is 7. The number of aromatic amines is 1. The van der Waals surface area contributed by atoms with E-state index in [-0.39, 0.29) is 30.0 Å². The van der Waals surface area contributed by atoms with Crippen LogP contribution in [0, 0.1) is 19.3 Å². The first-order valence-electron chi connectivity index (χ1n) is 10.7. The molecule has 1 aliphatic rings. The number of carbonyl (C=O) groups excluding carboxylic acids is 1. The van der Waals surface area contributed by atoms with E-state index in [4.69, 9.17) is 15.1 Å². The highest BCUT2D eigenvalue weighted by Gasteiger charge is 2.23. The van der Waals surface area contributed by atoms with Gasteiger partial charge in [-0.3, -0.25) is 9.59 Å². The number of hydrogen-bond donors (Lipinski definition) is 4. The molecule has 1 aliphatic heterocycles. The summed E-state index contributed by atoms with van der Waals surface area (Å²) < 4.78 is 5.47. The summed E-state index contributed by atoms with van der Waals surface area (Å²) in [6, 6.07) is 3.76. The lowest BCUT2D eigenvalue weighted by Gasteiger charge is -2.24. The largest absolute Gasteiger partial charge is 0.381 e. The van der Waals surface area contributed by atoms with E-state index in [0.717, 1.165) is 36.0 Å². The van der Waals surface area contributed by atoms with Crippen LogP contribution in [-0.2, 0) is 11.3 Å². The van der Waals surface area contributed by atoms with E-state index in [0.29, 0.717) is 35.7 Å². The van der Waals surface area contributed by atoms with Crippen molar-refractivity contribution in [2.75, 3.05) is 18.5 Å². The normalized spacial score (nSPS) is 14.5. The zero-order valence-electron chi connectivity index (χ0n) is 18.6. The summed E-state index contributed by atoms with van der Waals surface area (Å²) in [5.74, 6) is 0.402. The van der Waals surface area contributed by atoms with Crippen molar-refractivity contribution in [3.8, 4) is 0 Å². The summed E-state index contributed by atoms with van der Waals surface area (Å²) in [4.78, 5) is 33.0. The maximum atomic E-state index is 13.2. The molecule has 2 aromatic rings. The summed E-state index contributed by atoms with van der Waals surface area (Å²) in [6.07, 6.45) is 2.85. The average molecular weight is 426 g/mol. The van der Waals surface area contributed by atoms with Crippen molar-refractivity contribution in [2.24, 2.45) is 0 Å². The third-order valence-electron chi connectivity index (χ3n) is 5.45. The minimum absolute atomic E-state index is 0.0980. The molecule has 8 nitrogen and oxygen atoms in total. The Morgan fingerprint density at radius 3 is 2.65 bits per heavy atom. The molecule has 3 heterocycles. The van der Waals surface area contributed by atoms with E-state index in [1.165, 1.54) is 0 Å². The van der Waals surface area contributed by atoms with Gasteiger partial charge in [0.25, 0.3) is 11.5 Å². The fourth-order valence-corrected chi connectivity index (χ4v) is 3.86. The van der Waals surface area contributed by atoms with Crippen LogP contribution < -0.4 is 16.2 Å². The molecule has 0 spiro atoms. The number of hydrogen-bond acceptors (Lipinski definition) is 6. The van der Waals surface area contributed by atoms with Gasteiger partial charge in [-0.1, -0.05) is 0 Å². The molecule has 0 atom stereocenters. The van der Waals surface area contributed by atoms with Gasteiger partial charge in [0.1, 0.15) is 5.82 Å². The van der Waals surface area contributed by atoms with Gasteiger partial charge in [-0.25, -0.2) is 4.98 Å². The number of nitrogens with zero attached hydrogens (tertiary/aromatic N) is 1. The molecule has 8 heteroatoms. The highest BCUT2D eigenvalue weighted by Crippen LogP contribution is 2.29. The Balaban J connectivity index is 1.94. The number of nitrogens with one attached hydrogen (secondary N) is 4.